The van der Waals surface area contributed by atoms with Gasteiger partial charge in [0.15, 0.2) is 0 Å². The van der Waals surface area contributed by atoms with Crippen molar-refractivity contribution in [2.24, 2.45) is 0 Å². The lowest BCUT2D eigenvalue weighted by atomic mass is 10.1. The first kappa shape index (κ1) is 14.1. The maximum absolute atomic E-state index is 12.5. The van der Waals surface area contributed by atoms with Gasteiger partial charge in [-0.25, -0.2) is 4.68 Å². The third-order valence-corrected chi connectivity index (χ3v) is 3.46. The van der Waals surface area contributed by atoms with Crippen LogP contribution >= 0.6 is 0 Å². The molecular formula is C15H16N4O3. The number of hydrogen-bond donors (Lipinski definition) is 2. The number of carbonyl (C=O) groups excluding carboxylic acids is 2. The van der Waals surface area contributed by atoms with E-state index in [4.69, 9.17) is 4.74 Å². The van der Waals surface area contributed by atoms with Crippen LogP contribution in [0.3, 0.4) is 0 Å². The van der Waals surface area contributed by atoms with Crippen LogP contribution in [0.5, 0.6) is 5.75 Å². The van der Waals surface area contributed by atoms with Crippen molar-refractivity contribution in [3.63, 3.8) is 0 Å². The van der Waals surface area contributed by atoms with Gasteiger partial charge in [-0.3, -0.25) is 9.59 Å². The fourth-order valence-corrected chi connectivity index (χ4v) is 2.41. The summed E-state index contributed by atoms with van der Waals surface area (Å²) in [5, 5.41) is 9.79. The van der Waals surface area contributed by atoms with Crippen LogP contribution in [0.15, 0.2) is 30.3 Å². The van der Waals surface area contributed by atoms with Crippen LogP contribution < -0.4 is 15.4 Å². The van der Waals surface area contributed by atoms with Crippen molar-refractivity contribution in [2.75, 3.05) is 17.7 Å². The third-order valence-electron chi connectivity index (χ3n) is 3.46. The first-order chi connectivity index (χ1) is 10.6. The zero-order valence-electron chi connectivity index (χ0n) is 12.3. The zero-order valence-corrected chi connectivity index (χ0v) is 12.3. The van der Waals surface area contributed by atoms with Crippen LogP contribution in [0.4, 0.5) is 11.5 Å². The predicted molar refractivity (Wildman–Crippen MR) is 80.9 cm³/mol. The van der Waals surface area contributed by atoms with E-state index in [0.717, 1.165) is 5.69 Å². The molecule has 0 fully saturated rings. The normalized spacial score (nSPS) is 16.6. The van der Waals surface area contributed by atoms with Crippen LogP contribution in [-0.4, -0.2) is 28.7 Å². The molecule has 3 rings (SSSR count). The van der Waals surface area contributed by atoms with Crippen LogP contribution in [0.25, 0.3) is 0 Å². The lowest BCUT2D eigenvalue weighted by Crippen LogP contribution is -2.35. The molecule has 2 N–H and O–H groups in total. The molecule has 7 heteroatoms. The second-order valence-electron chi connectivity index (χ2n) is 5.10. The van der Waals surface area contributed by atoms with Gasteiger partial charge >= 0.3 is 0 Å². The van der Waals surface area contributed by atoms with Crippen molar-refractivity contribution < 1.29 is 14.3 Å². The summed E-state index contributed by atoms with van der Waals surface area (Å²) < 4.78 is 6.63. The fourth-order valence-electron chi connectivity index (χ4n) is 2.41. The molecule has 0 saturated heterocycles. The number of fused-ring (bicyclic) bond motifs is 1. The zero-order chi connectivity index (χ0) is 15.7. The van der Waals surface area contributed by atoms with Crippen molar-refractivity contribution in [1.82, 2.24) is 9.78 Å². The first-order valence-corrected chi connectivity index (χ1v) is 6.88. The molecule has 1 aromatic carbocycles. The highest BCUT2D eigenvalue weighted by atomic mass is 16.5. The van der Waals surface area contributed by atoms with E-state index in [1.807, 2.05) is 6.92 Å². The Bertz CT molecular complexity index is 721. The minimum Gasteiger partial charge on any atom is -0.497 e. The van der Waals surface area contributed by atoms with Gasteiger partial charge in [0, 0.05) is 11.8 Å². The first-order valence-electron chi connectivity index (χ1n) is 6.88. The standard InChI is InChI=1S/C15H16N4O3/c1-9-7-13-17-14(20)8-12(19(13)18-9)15(21)16-10-3-5-11(22-2)6-4-10/h3-7,12H,8H2,1-2H3,(H,16,21)(H,17,20)/t12-/m0/s1. The molecule has 1 aromatic heterocycles. The molecule has 0 saturated carbocycles. The Balaban J connectivity index is 1.80. The van der Waals surface area contributed by atoms with Gasteiger partial charge in [0.25, 0.3) is 0 Å². The van der Waals surface area contributed by atoms with Crippen molar-refractivity contribution in [3.8, 4) is 5.75 Å². The topological polar surface area (TPSA) is 85.2 Å². The molecule has 0 radical (unpaired) electrons. The number of ether oxygens (including phenoxy) is 1. The number of rotatable bonds is 3. The average molecular weight is 300 g/mol. The molecule has 0 aliphatic carbocycles. The molecule has 0 bridgehead atoms. The summed E-state index contributed by atoms with van der Waals surface area (Å²) in [5.74, 6) is 0.787. The SMILES string of the molecule is COc1ccc(NC(=O)[C@@H]2CC(=O)Nc3cc(C)nn32)cc1. The minimum atomic E-state index is -0.653. The van der Waals surface area contributed by atoms with Crippen LogP contribution in [0, 0.1) is 6.92 Å². The summed E-state index contributed by atoms with van der Waals surface area (Å²) in [4.78, 5) is 24.2. The van der Waals surface area contributed by atoms with Crippen molar-refractivity contribution in [3.05, 3.63) is 36.0 Å². The van der Waals surface area contributed by atoms with Crippen molar-refractivity contribution in [2.45, 2.75) is 19.4 Å². The van der Waals surface area contributed by atoms with Crippen molar-refractivity contribution >= 4 is 23.3 Å². The Morgan fingerprint density at radius 1 is 1.41 bits per heavy atom. The number of anilines is 2. The number of carbonyl (C=O) groups is 2. The summed E-state index contributed by atoms with van der Waals surface area (Å²) in [5.41, 5.74) is 1.39. The molecular weight excluding hydrogens is 284 g/mol. The molecule has 2 heterocycles. The maximum atomic E-state index is 12.5. The Hall–Kier alpha value is -2.83. The van der Waals surface area contributed by atoms with Crippen LogP contribution in [-0.2, 0) is 9.59 Å². The van der Waals surface area contributed by atoms with E-state index >= 15 is 0 Å². The molecule has 0 spiro atoms. The van der Waals surface area contributed by atoms with E-state index in [9.17, 15) is 9.59 Å². The van der Waals surface area contributed by atoms with Gasteiger partial charge in [-0.05, 0) is 31.2 Å². The van der Waals surface area contributed by atoms with Gasteiger partial charge in [0.2, 0.25) is 11.8 Å². The maximum Gasteiger partial charge on any atom is 0.249 e. The van der Waals surface area contributed by atoms with Gasteiger partial charge in [0.05, 0.1) is 19.2 Å². The quantitative estimate of drug-likeness (QED) is 0.904. The molecule has 2 aromatic rings. The number of nitrogens with zero attached hydrogens (tertiary/aromatic N) is 2. The van der Waals surface area contributed by atoms with E-state index in [1.165, 1.54) is 0 Å². The summed E-state index contributed by atoms with van der Waals surface area (Å²) in [6.45, 7) is 1.82. The number of benzene rings is 1. The highest BCUT2D eigenvalue weighted by Crippen LogP contribution is 2.26. The lowest BCUT2D eigenvalue weighted by Gasteiger charge is -2.23. The van der Waals surface area contributed by atoms with E-state index < -0.39 is 6.04 Å². The second kappa shape index (κ2) is 5.51. The molecule has 1 aliphatic heterocycles. The van der Waals surface area contributed by atoms with E-state index in [2.05, 4.69) is 15.7 Å². The predicted octanol–water partition coefficient (Wildman–Crippen LogP) is 1.72. The van der Waals surface area contributed by atoms with Crippen LogP contribution in [0.2, 0.25) is 0 Å². The van der Waals surface area contributed by atoms with Gasteiger partial charge in [-0.1, -0.05) is 0 Å². The largest absolute Gasteiger partial charge is 0.497 e. The molecule has 7 nitrogen and oxygen atoms in total. The van der Waals surface area contributed by atoms with E-state index in [0.29, 0.717) is 17.3 Å². The molecule has 22 heavy (non-hydrogen) atoms. The third kappa shape index (κ3) is 2.65. The highest BCUT2D eigenvalue weighted by Gasteiger charge is 2.31. The minimum absolute atomic E-state index is 0.0656. The Kier molecular flexibility index (Phi) is 3.54. The molecule has 2 amide bonds. The number of amides is 2. The average Bonchev–Trinajstić information content (AvgIpc) is 2.87. The number of methoxy groups -OCH3 is 1. The number of aryl methyl sites for hydroxylation is 1. The van der Waals surface area contributed by atoms with Gasteiger partial charge in [-0.15, -0.1) is 0 Å². The van der Waals surface area contributed by atoms with Gasteiger partial charge in [0.1, 0.15) is 17.6 Å². The monoisotopic (exact) mass is 300 g/mol. The Labute approximate surface area is 127 Å². The summed E-state index contributed by atoms with van der Waals surface area (Å²) in [7, 11) is 1.58. The molecule has 114 valence electrons. The summed E-state index contributed by atoms with van der Waals surface area (Å²) in [6, 6.07) is 8.09. The smallest absolute Gasteiger partial charge is 0.249 e. The summed E-state index contributed by atoms with van der Waals surface area (Å²) >= 11 is 0. The van der Waals surface area contributed by atoms with Crippen molar-refractivity contribution in [1.29, 1.82) is 0 Å². The number of nitrogens with one attached hydrogen (secondary N) is 2. The molecule has 1 aliphatic rings. The molecule has 1 atom stereocenters. The number of aromatic nitrogens is 2. The van der Waals surface area contributed by atoms with Gasteiger partial charge in [-0.2, -0.15) is 5.10 Å². The highest BCUT2D eigenvalue weighted by molar-refractivity contribution is 6.01. The second-order valence-corrected chi connectivity index (χ2v) is 5.10. The Morgan fingerprint density at radius 3 is 2.82 bits per heavy atom. The van der Waals surface area contributed by atoms with Gasteiger partial charge < -0.3 is 15.4 Å². The van der Waals surface area contributed by atoms with E-state index in [1.54, 1.807) is 42.1 Å². The molecule has 0 unspecified atom stereocenters. The lowest BCUT2D eigenvalue weighted by molar-refractivity contribution is -0.125. The number of hydrogen-bond acceptors (Lipinski definition) is 4. The summed E-state index contributed by atoms with van der Waals surface area (Å²) in [6.07, 6.45) is 0.0656. The fraction of sp³-hybridized carbons (Fsp3) is 0.267. The van der Waals surface area contributed by atoms with Crippen LogP contribution in [0.1, 0.15) is 18.2 Å². The Morgan fingerprint density at radius 2 is 2.14 bits per heavy atom. The van der Waals surface area contributed by atoms with E-state index in [-0.39, 0.29) is 18.2 Å².